The molecule has 0 saturated carbocycles. The van der Waals surface area contributed by atoms with E-state index in [-0.39, 0.29) is 60.1 Å². The summed E-state index contributed by atoms with van der Waals surface area (Å²) in [5.41, 5.74) is 11.2. The minimum absolute atomic E-state index is 0.0873. The van der Waals surface area contributed by atoms with Gasteiger partial charge in [0.2, 0.25) is 0 Å². The Kier molecular flexibility index (Phi) is 17.8. The molecule has 0 radical (unpaired) electrons. The Hall–Kier alpha value is -4.97. The van der Waals surface area contributed by atoms with E-state index in [1.165, 1.54) is 45.3 Å². The number of azide groups is 1. The Morgan fingerprint density at radius 2 is 1.50 bits per heavy atom. The molecule has 0 aliphatic carbocycles. The summed E-state index contributed by atoms with van der Waals surface area (Å²) in [4.78, 5) is 71.9. The molecule has 29 heteroatoms. The Bertz CT molecular complexity index is 3160. The van der Waals surface area contributed by atoms with Crippen LogP contribution >= 0.6 is 7.75 Å². The van der Waals surface area contributed by atoms with Crippen LogP contribution in [0.15, 0.2) is 78.1 Å². The Balaban J connectivity index is 1.30. The number of rotatable bonds is 20. The van der Waals surface area contributed by atoms with Crippen LogP contribution in [0.1, 0.15) is 84.9 Å². The number of aromatic nitrogens is 4. The minimum Gasteiger partial charge on any atom is -0.468 e. The van der Waals surface area contributed by atoms with Crippen LogP contribution < -0.4 is 37.8 Å². The quantitative estimate of drug-likeness (QED) is 0.0266. The molecule has 25 nitrogen and oxygen atoms in total. The number of methoxy groups -OCH3 is 1. The van der Waals surface area contributed by atoms with Crippen LogP contribution in [0.4, 0.5) is 0 Å². The summed E-state index contributed by atoms with van der Waals surface area (Å²) in [7, 11) is -13.1. The monoisotopic (exact) mass is 1140 g/mol. The third-order valence-electron chi connectivity index (χ3n) is 14.8. The summed E-state index contributed by atoms with van der Waals surface area (Å²) in [5, 5.41) is 6.48. The highest BCUT2D eigenvalue weighted by molar-refractivity contribution is 7.90. The first-order chi connectivity index (χ1) is 35.1. The first kappa shape index (κ1) is 60.3. The van der Waals surface area contributed by atoms with Gasteiger partial charge in [-0.2, -0.15) is 13.5 Å². The molecule has 3 aliphatic rings. The molecule has 9 atom stereocenters. The van der Waals surface area contributed by atoms with Crippen molar-refractivity contribution in [2.45, 2.75) is 173 Å². The van der Waals surface area contributed by atoms with Gasteiger partial charge in [-0.3, -0.25) is 37.2 Å². The summed E-state index contributed by atoms with van der Waals surface area (Å²) in [6.45, 7) is 23.1. The summed E-state index contributed by atoms with van der Waals surface area (Å²) in [6.07, 6.45) is -3.84. The van der Waals surface area contributed by atoms with Gasteiger partial charge in [-0.25, -0.2) is 18.3 Å². The van der Waals surface area contributed by atoms with Gasteiger partial charge in [-0.05, 0) is 81.1 Å². The second-order valence-corrected chi connectivity index (χ2v) is 35.0. The van der Waals surface area contributed by atoms with Crippen LogP contribution in [0, 0.1) is 13.8 Å². The SMILES string of the molecule is COC(=O)C(C)NP(=O)(OC[C@H]1O[C@@H](n2cc(C)c(=O)n(CCCn3c(=O)c(C)cn([C@@H]4O[C@H](CO[Si](C)(C)C(C)(C)C)[C@@]5(OS(=O)(=O)C=C5N)[C@H]4O[Si](C)(C)C(C)(C)C)c3=O)c2=O)C[C@@H]1N=[N+]=[N-])Oc1ccccc1. The van der Waals surface area contributed by atoms with Crippen LogP contribution in [-0.4, -0.2) is 106 Å². The van der Waals surface area contributed by atoms with Crippen molar-refractivity contribution in [1.29, 1.82) is 0 Å². The predicted molar refractivity (Wildman–Crippen MR) is 285 cm³/mol. The number of carbonyl (C=O) groups excluding carboxylic acids is 1. The Labute approximate surface area is 443 Å². The van der Waals surface area contributed by atoms with Crippen molar-refractivity contribution in [2.24, 2.45) is 10.8 Å². The highest BCUT2D eigenvalue weighted by atomic mass is 32.2. The lowest BCUT2D eigenvalue weighted by molar-refractivity contribution is -0.142. The first-order valence-electron chi connectivity index (χ1n) is 24.7. The molecular weight excluding hydrogens is 1070 g/mol. The van der Waals surface area contributed by atoms with E-state index in [1.807, 2.05) is 67.7 Å². The lowest BCUT2D eigenvalue weighted by atomic mass is 9.89. The molecule has 2 saturated heterocycles. The standard InChI is InChI=1S/C47H72N9O16PSSi2/c1-29-24-55(37-23-33(50-52-49)34(68-37)26-66-73(62,51-31(3)42(59)65-10)70-32-19-16-15-17-20-32)43(60)53(39(29)57)21-18-22-54-40(58)30(2)25-56(44(54)61)41-38(71-76(13,14)46(7,8)9)47(35(48)28-74(63,64)72-47)36(69-41)27-67-75(11,12)45(4,5)6/h15-17,19-20,24-25,28,31,33-34,36-38,41H,18,21-23,26-27,48H2,1-14H3,(H,51,62)/t31?,33-,34+,36+,37+,38-,41+,47+,73?/m0/s1. The molecule has 2 aromatic heterocycles. The zero-order valence-corrected chi connectivity index (χ0v) is 49.2. The van der Waals surface area contributed by atoms with Crippen molar-refractivity contribution < 1.29 is 54.1 Å². The third-order valence-corrected chi connectivity index (χ3v) is 26.5. The fraction of sp³-hybridized carbons (Fsp3) is 0.638. The number of nitrogens with two attached hydrogens (primary N) is 1. The summed E-state index contributed by atoms with van der Waals surface area (Å²) < 4.78 is 93.7. The number of esters is 1. The van der Waals surface area contributed by atoms with Crippen LogP contribution in [0.5, 0.6) is 5.75 Å². The molecule has 5 heterocycles. The van der Waals surface area contributed by atoms with E-state index >= 15 is 0 Å². The number of benzene rings is 1. The highest BCUT2D eigenvalue weighted by Gasteiger charge is 2.67. The number of hydrogen-bond acceptors (Lipinski definition) is 18. The van der Waals surface area contributed by atoms with Gasteiger partial charge in [0.25, 0.3) is 21.2 Å². The second kappa shape index (κ2) is 22.4. The molecule has 1 aromatic carbocycles. The van der Waals surface area contributed by atoms with Gasteiger partial charge >= 0.3 is 25.1 Å². The van der Waals surface area contributed by atoms with Crippen LogP contribution in [0.2, 0.25) is 36.3 Å². The van der Waals surface area contributed by atoms with Gasteiger partial charge in [0.15, 0.2) is 28.5 Å². The van der Waals surface area contributed by atoms with E-state index in [2.05, 4.69) is 15.1 Å². The van der Waals surface area contributed by atoms with Gasteiger partial charge in [0.05, 0.1) is 43.6 Å². The first-order valence-corrected chi connectivity index (χ1v) is 33.6. The van der Waals surface area contributed by atoms with E-state index in [1.54, 1.807) is 18.2 Å². The molecule has 2 unspecified atom stereocenters. The number of para-hydroxylation sites is 1. The molecule has 3 aromatic rings. The van der Waals surface area contributed by atoms with E-state index < -0.39 is 123 Å². The van der Waals surface area contributed by atoms with Crippen LogP contribution in [-0.2, 0) is 64.3 Å². The maximum Gasteiger partial charge on any atom is 0.459 e. The maximum atomic E-state index is 14.8. The number of hydrogen-bond donors (Lipinski definition) is 2. The van der Waals surface area contributed by atoms with Crippen molar-refractivity contribution >= 4 is 40.5 Å². The van der Waals surface area contributed by atoms with Crippen molar-refractivity contribution in [3.8, 4) is 5.75 Å². The van der Waals surface area contributed by atoms with E-state index in [9.17, 15) is 42.5 Å². The average molecular weight is 1140 g/mol. The maximum absolute atomic E-state index is 14.8. The lowest BCUT2D eigenvalue weighted by Gasteiger charge is -2.43. The smallest absolute Gasteiger partial charge is 0.459 e. The van der Waals surface area contributed by atoms with E-state index in [0.717, 1.165) is 30.8 Å². The second-order valence-electron chi connectivity index (χ2n) is 22.3. The average Bonchev–Trinajstić information content (AvgIpc) is 3.94. The zero-order chi connectivity index (χ0) is 56.7. The zero-order valence-electron chi connectivity index (χ0n) is 45.5. The van der Waals surface area contributed by atoms with Gasteiger partial charge in [-0.15, -0.1) is 0 Å². The lowest BCUT2D eigenvalue weighted by Crippen LogP contribution is -2.59. The molecule has 1 spiro atoms. The molecule has 0 amide bonds. The van der Waals surface area contributed by atoms with Crippen molar-refractivity contribution in [1.82, 2.24) is 23.4 Å². The topological polar surface area (TPSA) is 317 Å². The van der Waals surface area contributed by atoms with Gasteiger partial charge < -0.3 is 33.3 Å². The van der Waals surface area contributed by atoms with Gasteiger partial charge in [0.1, 0.15) is 30.2 Å². The summed E-state index contributed by atoms with van der Waals surface area (Å²) >= 11 is 0. The largest absolute Gasteiger partial charge is 0.468 e. The van der Waals surface area contributed by atoms with Crippen molar-refractivity contribution in [3.05, 3.63) is 117 Å². The number of carbonyl (C=O) groups is 1. The van der Waals surface area contributed by atoms with Crippen LogP contribution in [0.3, 0.4) is 0 Å². The Morgan fingerprint density at radius 3 is 2.03 bits per heavy atom. The number of nitrogens with one attached hydrogen (secondary N) is 1. The summed E-state index contributed by atoms with van der Waals surface area (Å²) in [5.74, 6) is -0.615. The van der Waals surface area contributed by atoms with Crippen molar-refractivity contribution in [2.75, 3.05) is 20.3 Å². The fourth-order valence-corrected chi connectivity index (χ4v) is 13.5. The fourth-order valence-electron chi connectivity index (χ4n) is 8.47. The molecule has 420 valence electrons. The minimum atomic E-state index is -4.39. The number of aryl methyl sites for hydroxylation is 2. The van der Waals surface area contributed by atoms with Gasteiger partial charge in [-0.1, -0.05) is 64.9 Å². The molecule has 0 bridgehead atoms. The summed E-state index contributed by atoms with van der Waals surface area (Å²) in [6, 6.07) is 5.88. The molecule has 6 rings (SSSR count). The van der Waals surface area contributed by atoms with Gasteiger partial charge in [0, 0.05) is 47.9 Å². The normalized spacial score (nSPS) is 24.9. The number of ether oxygens (including phenoxy) is 3. The molecule has 3 aliphatic heterocycles. The molecule has 2 fully saturated rings. The van der Waals surface area contributed by atoms with E-state index in [4.69, 9.17) is 42.0 Å². The molecular formula is C47H72N9O16PSSi2. The van der Waals surface area contributed by atoms with E-state index in [0.29, 0.717) is 0 Å². The van der Waals surface area contributed by atoms with Crippen molar-refractivity contribution in [3.63, 3.8) is 0 Å². The van der Waals surface area contributed by atoms with Crippen LogP contribution in [0.25, 0.3) is 10.4 Å². The predicted octanol–water partition coefficient (Wildman–Crippen LogP) is 5.57. The Morgan fingerprint density at radius 1 is 0.934 bits per heavy atom. The number of nitrogens with zero attached hydrogens (tertiary/aromatic N) is 7. The third kappa shape index (κ3) is 12.5. The molecule has 76 heavy (non-hydrogen) atoms. The molecule has 3 N–H and O–H groups in total. The highest BCUT2D eigenvalue weighted by Crippen LogP contribution is 2.52.